The minimum atomic E-state index is 0.441. The highest BCUT2D eigenvalue weighted by Crippen LogP contribution is 2.22. The van der Waals surface area contributed by atoms with Crippen molar-refractivity contribution in [3.8, 4) is 0 Å². The van der Waals surface area contributed by atoms with Gasteiger partial charge in [0.15, 0.2) is 11.6 Å². The molecule has 0 aliphatic heterocycles. The van der Waals surface area contributed by atoms with Gasteiger partial charge >= 0.3 is 0 Å². The lowest BCUT2D eigenvalue weighted by Gasteiger charge is -2.18. The van der Waals surface area contributed by atoms with Crippen LogP contribution in [-0.4, -0.2) is 22.0 Å². The predicted molar refractivity (Wildman–Crippen MR) is 78.2 cm³/mol. The van der Waals surface area contributed by atoms with Crippen LogP contribution in [0.4, 0.5) is 11.6 Å². The van der Waals surface area contributed by atoms with E-state index < -0.39 is 0 Å². The van der Waals surface area contributed by atoms with Crippen molar-refractivity contribution in [2.24, 2.45) is 0 Å². The van der Waals surface area contributed by atoms with Crippen LogP contribution in [0.2, 0.25) is 0 Å². The zero-order valence-corrected chi connectivity index (χ0v) is 11.3. The molecule has 2 N–H and O–H groups in total. The maximum absolute atomic E-state index is 5.98. The Morgan fingerprint density at radius 2 is 1.95 bits per heavy atom. The summed E-state index contributed by atoms with van der Waals surface area (Å²) >= 11 is 1.58. The van der Waals surface area contributed by atoms with Gasteiger partial charge in [-0.3, -0.25) is 0 Å². The van der Waals surface area contributed by atoms with E-state index in [-0.39, 0.29) is 0 Å². The standard InChI is InChI=1S/C13H13N5S/c1-18(6-9-7-19-8-15-9)13-12(14)16-10-4-2-3-5-11(10)17-13/h2-5,7-8H,6H2,1H3,(H2,14,16). The van der Waals surface area contributed by atoms with Gasteiger partial charge in [-0.2, -0.15) is 0 Å². The van der Waals surface area contributed by atoms with Crippen LogP contribution in [0.5, 0.6) is 0 Å². The minimum absolute atomic E-state index is 0.441. The van der Waals surface area contributed by atoms with Crippen LogP contribution in [0.3, 0.4) is 0 Å². The Hall–Kier alpha value is -2.21. The van der Waals surface area contributed by atoms with Crippen molar-refractivity contribution < 1.29 is 0 Å². The Morgan fingerprint density at radius 3 is 2.63 bits per heavy atom. The quantitative estimate of drug-likeness (QED) is 0.791. The highest BCUT2D eigenvalue weighted by Gasteiger charge is 2.11. The molecule has 2 heterocycles. The van der Waals surface area contributed by atoms with Crippen LogP contribution in [0.15, 0.2) is 35.2 Å². The number of thiazole rings is 1. The van der Waals surface area contributed by atoms with Crippen LogP contribution in [0.1, 0.15) is 5.69 Å². The summed E-state index contributed by atoms with van der Waals surface area (Å²) in [6.07, 6.45) is 0. The summed E-state index contributed by atoms with van der Waals surface area (Å²) in [4.78, 5) is 15.2. The molecule has 19 heavy (non-hydrogen) atoms. The summed E-state index contributed by atoms with van der Waals surface area (Å²) in [6, 6.07) is 7.71. The number of fused-ring (bicyclic) bond motifs is 1. The molecule has 0 aliphatic rings. The van der Waals surface area contributed by atoms with Gasteiger partial charge in [0.1, 0.15) is 0 Å². The summed E-state index contributed by atoms with van der Waals surface area (Å²) in [6.45, 7) is 0.667. The fraction of sp³-hybridized carbons (Fsp3) is 0.154. The SMILES string of the molecule is CN(Cc1cscn1)c1nc2ccccc2nc1N. The number of nitrogens with zero attached hydrogens (tertiary/aromatic N) is 4. The molecule has 0 fully saturated rings. The molecule has 1 aromatic carbocycles. The van der Waals surface area contributed by atoms with Crippen LogP contribution < -0.4 is 10.6 Å². The molecule has 3 rings (SSSR count). The van der Waals surface area contributed by atoms with Gasteiger partial charge in [0.25, 0.3) is 0 Å². The fourth-order valence-corrected chi connectivity index (χ4v) is 2.47. The zero-order chi connectivity index (χ0) is 13.2. The number of anilines is 2. The lowest BCUT2D eigenvalue weighted by atomic mass is 10.3. The number of rotatable bonds is 3. The summed E-state index contributed by atoms with van der Waals surface area (Å²) in [5.74, 6) is 1.13. The van der Waals surface area contributed by atoms with E-state index in [0.29, 0.717) is 18.2 Å². The summed E-state index contributed by atoms with van der Waals surface area (Å²) < 4.78 is 0. The molecular formula is C13H13N5S. The second-order valence-corrected chi connectivity index (χ2v) is 4.98. The van der Waals surface area contributed by atoms with Gasteiger partial charge in [-0.15, -0.1) is 11.3 Å². The Kier molecular flexibility index (Phi) is 3.00. The third-order valence-electron chi connectivity index (χ3n) is 2.82. The van der Waals surface area contributed by atoms with Gasteiger partial charge < -0.3 is 10.6 Å². The summed E-state index contributed by atoms with van der Waals surface area (Å²) in [5, 5.41) is 2.02. The highest BCUT2D eigenvalue weighted by atomic mass is 32.1. The lowest BCUT2D eigenvalue weighted by molar-refractivity contribution is 0.876. The van der Waals surface area contributed by atoms with E-state index >= 15 is 0 Å². The van der Waals surface area contributed by atoms with E-state index in [1.807, 2.05) is 47.1 Å². The number of hydrogen-bond acceptors (Lipinski definition) is 6. The Balaban J connectivity index is 1.97. The molecule has 0 spiro atoms. The van der Waals surface area contributed by atoms with Crippen molar-refractivity contribution in [3.63, 3.8) is 0 Å². The van der Waals surface area contributed by atoms with E-state index in [9.17, 15) is 0 Å². The molecule has 96 valence electrons. The van der Waals surface area contributed by atoms with Crippen molar-refractivity contribution in [2.75, 3.05) is 17.7 Å². The number of nitrogens with two attached hydrogens (primary N) is 1. The molecule has 0 unspecified atom stereocenters. The van der Waals surface area contributed by atoms with Crippen molar-refractivity contribution in [2.45, 2.75) is 6.54 Å². The van der Waals surface area contributed by atoms with Crippen molar-refractivity contribution in [1.82, 2.24) is 15.0 Å². The molecule has 0 atom stereocenters. The largest absolute Gasteiger partial charge is 0.381 e. The highest BCUT2D eigenvalue weighted by molar-refractivity contribution is 7.07. The van der Waals surface area contributed by atoms with E-state index in [0.717, 1.165) is 16.7 Å². The van der Waals surface area contributed by atoms with Gasteiger partial charge in [0.2, 0.25) is 0 Å². The number of para-hydroxylation sites is 2. The lowest BCUT2D eigenvalue weighted by Crippen LogP contribution is -2.20. The third kappa shape index (κ3) is 2.34. The number of aromatic nitrogens is 3. The number of hydrogen-bond donors (Lipinski definition) is 1. The normalized spacial score (nSPS) is 10.8. The maximum atomic E-state index is 5.98. The first-order valence-electron chi connectivity index (χ1n) is 5.84. The van der Waals surface area contributed by atoms with Crippen molar-refractivity contribution in [1.29, 1.82) is 0 Å². The summed E-state index contributed by atoms with van der Waals surface area (Å²) in [5.41, 5.74) is 10.5. The molecule has 0 aliphatic carbocycles. The van der Waals surface area contributed by atoms with Gasteiger partial charge in [-0.05, 0) is 12.1 Å². The molecule has 2 aromatic heterocycles. The van der Waals surface area contributed by atoms with Gasteiger partial charge in [-0.1, -0.05) is 12.1 Å². The molecular weight excluding hydrogens is 258 g/mol. The van der Waals surface area contributed by atoms with E-state index in [1.54, 1.807) is 11.3 Å². The van der Waals surface area contributed by atoms with Crippen LogP contribution in [0.25, 0.3) is 11.0 Å². The second kappa shape index (κ2) is 4.81. The second-order valence-electron chi connectivity index (χ2n) is 4.26. The monoisotopic (exact) mass is 271 g/mol. The molecule has 0 saturated carbocycles. The topological polar surface area (TPSA) is 67.9 Å². The van der Waals surface area contributed by atoms with Crippen LogP contribution in [0, 0.1) is 0 Å². The Morgan fingerprint density at radius 1 is 1.21 bits per heavy atom. The molecule has 6 heteroatoms. The van der Waals surface area contributed by atoms with Gasteiger partial charge in [0, 0.05) is 12.4 Å². The first kappa shape index (κ1) is 11.9. The van der Waals surface area contributed by atoms with E-state index in [4.69, 9.17) is 5.73 Å². The summed E-state index contributed by atoms with van der Waals surface area (Å²) in [7, 11) is 1.94. The predicted octanol–water partition coefficient (Wildman–Crippen LogP) is 2.30. The van der Waals surface area contributed by atoms with Crippen LogP contribution >= 0.6 is 11.3 Å². The third-order valence-corrected chi connectivity index (χ3v) is 3.46. The number of benzene rings is 1. The average Bonchev–Trinajstić information content (AvgIpc) is 2.90. The Bertz CT molecular complexity index is 695. The number of nitrogen functional groups attached to an aromatic ring is 1. The van der Waals surface area contributed by atoms with Crippen molar-refractivity contribution in [3.05, 3.63) is 40.8 Å². The molecule has 0 radical (unpaired) electrons. The van der Waals surface area contributed by atoms with Crippen molar-refractivity contribution >= 4 is 34.0 Å². The molecule has 0 saturated heterocycles. The van der Waals surface area contributed by atoms with E-state index in [2.05, 4.69) is 15.0 Å². The van der Waals surface area contributed by atoms with E-state index in [1.165, 1.54) is 0 Å². The van der Waals surface area contributed by atoms with Crippen LogP contribution in [-0.2, 0) is 6.54 Å². The Labute approximate surface area is 114 Å². The van der Waals surface area contributed by atoms with Gasteiger partial charge in [0.05, 0.1) is 28.8 Å². The first-order chi connectivity index (χ1) is 9.24. The molecule has 3 aromatic rings. The van der Waals surface area contributed by atoms with Gasteiger partial charge in [-0.25, -0.2) is 15.0 Å². The smallest absolute Gasteiger partial charge is 0.172 e. The molecule has 5 nitrogen and oxygen atoms in total. The average molecular weight is 271 g/mol. The minimum Gasteiger partial charge on any atom is -0.381 e. The zero-order valence-electron chi connectivity index (χ0n) is 10.4. The first-order valence-corrected chi connectivity index (χ1v) is 6.79. The molecule has 0 bridgehead atoms. The fourth-order valence-electron chi connectivity index (χ4n) is 1.92. The molecule has 0 amide bonds. The maximum Gasteiger partial charge on any atom is 0.172 e.